The average molecular weight is 287 g/mol. The van der Waals surface area contributed by atoms with Crippen LogP contribution in [0.1, 0.15) is 13.8 Å². The van der Waals surface area contributed by atoms with Gasteiger partial charge in [0, 0.05) is 11.1 Å². The predicted molar refractivity (Wildman–Crippen MR) is 72.4 cm³/mol. The van der Waals surface area contributed by atoms with Crippen LogP contribution >= 0.6 is 11.6 Å². The van der Waals surface area contributed by atoms with Crippen LogP contribution in [0.2, 0.25) is 5.02 Å². The van der Waals surface area contributed by atoms with Gasteiger partial charge in [0.25, 0.3) is 5.69 Å². The van der Waals surface area contributed by atoms with Gasteiger partial charge in [0.15, 0.2) is 0 Å². The van der Waals surface area contributed by atoms with E-state index in [1.54, 1.807) is 0 Å². The van der Waals surface area contributed by atoms with E-state index in [1.165, 1.54) is 25.3 Å². The van der Waals surface area contributed by atoms with Crippen molar-refractivity contribution in [2.75, 3.05) is 12.4 Å². The minimum Gasteiger partial charge on any atom is -0.467 e. The van der Waals surface area contributed by atoms with Crippen molar-refractivity contribution in [2.45, 2.75) is 19.9 Å². The lowest BCUT2D eigenvalue weighted by molar-refractivity contribution is -0.384. The van der Waals surface area contributed by atoms with Gasteiger partial charge in [0.1, 0.15) is 11.7 Å². The maximum Gasteiger partial charge on any atom is 0.328 e. The number of hydrogen-bond acceptors (Lipinski definition) is 5. The van der Waals surface area contributed by atoms with E-state index in [-0.39, 0.29) is 22.3 Å². The molecule has 1 aromatic carbocycles. The van der Waals surface area contributed by atoms with E-state index < -0.39 is 16.9 Å². The Kier molecular flexibility index (Phi) is 5.11. The van der Waals surface area contributed by atoms with Crippen LogP contribution in [0.25, 0.3) is 0 Å². The molecule has 0 saturated carbocycles. The van der Waals surface area contributed by atoms with Gasteiger partial charge in [-0.25, -0.2) is 4.79 Å². The molecule has 1 aromatic rings. The summed E-state index contributed by atoms with van der Waals surface area (Å²) in [6, 6.07) is 3.56. The molecule has 0 aliphatic rings. The third-order valence-electron chi connectivity index (χ3n) is 2.59. The minimum atomic E-state index is -0.662. The fraction of sp³-hybridized carbons (Fsp3) is 0.417. The number of methoxy groups -OCH3 is 1. The quantitative estimate of drug-likeness (QED) is 0.511. The van der Waals surface area contributed by atoms with E-state index in [9.17, 15) is 14.9 Å². The van der Waals surface area contributed by atoms with E-state index >= 15 is 0 Å². The van der Waals surface area contributed by atoms with Crippen molar-refractivity contribution in [3.8, 4) is 0 Å². The molecule has 0 radical (unpaired) electrons. The second-order valence-corrected chi connectivity index (χ2v) is 4.74. The third-order valence-corrected chi connectivity index (χ3v) is 2.82. The van der Waals surface area contributed by atoms with Crippen molar-refractivity contribution in [1.82, 2.24) is 0 Å². The molecule has 0 bridgehead atoms. The van der Waals surface area contributed by atoms with Crippen LogP contribution in [-0.4, -0.2) is 24.0 Å². The van der Waals surface area contributed by atoms with Gasteiger partial charge < -0.3 is 10.1 Å². The molecule has 0 aliphatic carbocycles. The minimum absolute atomic E-state index is 0.0808. The van der Waals surface area contributed by atoms with Crippen LogP contribution < -0.4 is 5.32 Å². The van der Waals surface area contributed by atoms with Crippen molar-refractivity contribution in [3.63, 3.8) is 0 Å². The fourth-order valence-electron chi connectivity index (χ4n) is 1.57. The van der Waals surface area contributed by atoms with E-state index in [2.05, 4.69) is 10.1 Å². The topological polar surface area (TPSA) is 81.5 Å². The first-order valence-electron chi connectivity index (χ1n) is 5.65. The van der Waals surface area contributed by atoms with Crippen LogP contribution in [0.4, 0.5) is 11.4 Å². The van der Waals surface area contributed by atoms with Crippen molar-refractivity contribution >= 4 is 28.9 Å². The Hall–Kier alpha value is -1.82. The number of benzene rings is 1. The number of nitrogens with zero attached hydrogens (tertiary/aromatic N) is 1. The first kappa shape index (κ1) is 15.2. The summed E-state index contributed by atoms with van der Waals surface area (Å²) >= 11 is 5.73. The molecule has 1 N–H and O–H groups in total. The first-order chi connectivity index (χ1) is 8.86. The SMILES string of the molecule is COC(=O)C(Nc1ccc(Cl)cc1[N+](=O)[O-])C(C)C. The number of nitro benzene ring substituents is 1. The molecule has 0 aliphatic heterocycles. The van der Waals surface area contributed by atoms with Gasteiger partial charge in [-0.2, -0.15) is 0 Å². The Morgan fingerprint density at radius 1 is 1.47 bits per heavy atom. The fourth-order valence-corrected chi connectivity index (χ4v) is 1.74. The highest BCUT2D eigenvalue weighted by molar-refractivity contribution is 6.30. The van der Waals surface area contributed by atoms with Crippen molar-refractivity contribution in [2.24, 2.45) is 5.92 Å². The number of rotatable bonds is 5. The van der Waals surface area contributed by atoms with Crippen molar-refractivity contribution < 1.29 is 14.5 Å². The maximum atomic E-state index is 11.6. The van der Waals surface area contributed by atoms with Crippen LogP contribution in [0.5, 0.6) is 0 Å². The molecule has 0 amide bonds. The largest absolute Gasteiger partial charge is 0.467 e. The summed E-state index contributed by atoms with van der Waals surface area (Å²) in [5.74, 6) is -0.554. The molecule has 0 aromatic heterocycles. The number of nitro groups is 1. The Bertz CT molecular complexity index is 491. The summed E-state index contributed by atoms with van der Waals surface area (Å²) in [4.78, 5) is 22.0. The van der Waals surface area contributed by atoms with E-state index in [0.717, 1.165) is 0 Å². The maximum absolute atomic E-state index is 11.6. The summed E-state index contributed by atoms with van der Waals surface area (Å²) < 4.78 is 4.67. The molecular weight excluding hydrogens is 272 g/mol. The summed E-state index contributed by atoms with van der Waals surface area (Å²) in [5, 5.41) is 14.0. The molecule has 19 heavy (non-hydrogen) atoms. The summed E-state index contributed by atoms with van der Waals surface area (Å²) in [6.07, 6.45) is 0. The summed E-state index contributed by atoms with van der Waals surface area (Å²) in [7, 11) is 1.27. The van der Waals surface area contributed by atoms with Crippen LogP contribution in [-0.2, 0) is 9.53 Å². The Morgan fingerprint density at radius 2 is 2.11 bits per heavy atom. The second kappa shape index (κ2) is 6.38. The zero-order valence-corrected chi connectivity index (χ0v) is 11.6. The lowest BCUT2D eigenvalue weighted by Gasteiger charge is -2.20. The van der Waals surface area contributed by atoms with Crippen molar-refractivity contribution in [1.29, 1.82) is 0 Å². The van der Waals surface area contributed by atoms with Gasteiger partial charge in [-0.05, 0) is 18.1 Å². The third kappa shape index (κ3) is 3.82. The van der Waals surface area contributed by atoms with Gasteiger partial charge in [0.2, 0.25) is 0 Å². The van der Waals surface area contributed by atoms with E-state index in [4.69, 9.17) is 11.6 Å². The van der Waals surface area contributed by atoms with E-state index in [0.29, 0.717) is 0 Å². The zero-order valence-electron chi connectivity index (χ0n) is 10.8. The molecule has 0 heterocycles. The standard InChI is InChI=1S/C12H15ClN2O4/c1-7(2)11(12(16)19-3)14-9-5-4-8(13)6-10(9)15(17)18/h4-7,11,14H,1-3H3. The summed E-state index contributed by atoms with van der Waals surface area (Å²) in [5.41, 5.74) is 0.0561. The lowest BCUT2D eigenvalue weighted by Crippen LogP contribution is -2.35. The smallest absolute Gasteiger partial charge is 0.328 e. The molecule has 7 heteroatoms. The average Bonchev–Trinajstić information content (AvgIpc) is 2.35. The number of ether oxygens (including phenoxy) is 1. The molecule has 1 atom stereocenters. The van der Waals surface area contributed by atoms with Crippen LogP contribution in [0, 0.1) is 16.0 Å². The zero-order chi connectivity index (χ0) is 14.6. The van der Waals surface area contributed by atoms with Crippen LogP contribution in [0.15, 0.2) is 18.2 Å². The molecule has 6 nitrogen and oxygen atoms in total. The van der Waals surface area contributed by atoms with Gasteiger partial charge in [-0.1, -0.05) is 25.4 Å². The number of carbonyl (C=O) groups excluding carboxylic acids is 1. The molecule has 0 spiro atoms. The molecule has 1 unspecified atom stereocenters. The van der Waals surface area contributed by atoms with E-state index in [1.807, 2.05) is 13.8 Å². The second-order valence-electron chi connectivity index (χ2n) is 4.31. The molecule has 1 rings (SSSR count). The van der Waals surface area contributed by atoms with Gasteiger partial charge in [-0.3, -0.25) is 10.1 Å². The van der Waals surface area contributed by atoms with Gasteiger partial charge in [0.05, 0.1) is 12.0 Å². The number of esters is 1. The molecule has 104 valence electrons. The molecule has 0 fully saturated rings. The Morgan fingerprint density at radius 3 is 2.58 bits per heavy atom. The molecule has 0 saturated heterocycles. The lowest BCUT2D eigenvalue weighted by atomic mass is 10.0. The number of anilines is 1. The highest BCUT2D eigenvalue weighted by Crippen LogP contribution is 2.29. The normalized spacial score (nSPS) is 12.1. The van der Waals surface area contributed by atoms with Gasteiger partial charge >= 0.3 is 5.97 Å². The van der Waals surface area contributed by atoms with Crippen LogP contribution in [0.3, 0.4) is 0 Å². The number of halogens is 1. The monoisotopic (exact) mass is 286 g/mol. The number of nitrogens with one attached hydrogen (secondary N) is 1. The molecular formula is C12H15ClN2O4. The number of carbonyl (C=O) groups is 1. The van der Waals surface area contributed by atoms with Gasteiger partial charge in [-0.15, -0.1) is 0 Å². The predicted octanol–water partition coefficient (Wildman–Crippen LogP) is 2.86. The highest BCUT2D eigenvalue weighted by Gasteiger charge is 2.26. The van der Waals surface area contributed by atoms with Crippen molar-refractivity contribution in [3.05, 3.63) is 33.3 Å². The highest BCUT2D eigenvalue weighted by atomic mass is 35.5. The Balaban J connectivity index is 3.09. The summed E-state index contributed by atoms with van der Waals surface area (Å²) in [6.45, 7) is 3.63. The Labute approximate surface area is 115 Å². The number of hydrogen-bond donors (Lipinski definition) is 1. The first-order valence-corrected chi connectivity index (χ1v) is 6.03.